The molecule has 4 nitrogen and oxygen atoms in total. The van der Waals surface area contributed by atoms with Gasteiger partial charge in [0.15, 0.2) is 0 Å². The fraction of sp³-hybridized carbons (Fsp3) is 0.467. The van der Waals surface area contributed by atoms with Crippen LogP contribution in [-0.2, 0) is 6.42 Å². The van der Waals surface area contributed by atoms with Crippen molar-refractivity contribution in [2.24, 2.45) is 11.7 Å². The quantitative estimate of drug-likeness (QED) is 0.941. The van der Waals surface area contributed by atoms with E-state index in [1.165, 1.54) is 25.0 Å². The second kappa shape index (κ2) is 6.12. The van der Waals surface area contributed by atoms with Gasteiger partial charge in [-0.3, -0.25) is 0 Å². The molecule has 0 saturated heterocycles. The summed E-state index contributed by atoms with van der Waals surface area (Å²) in [5.74, 6) is 0.948. The van der Waals surface area contributed by atoms with E-state index in [2.05, 4.69) is 10.1 Å². The molecular formula is C15H17ClFN3O. The molecule has 21 heavy (non-hydrogen) atoms. The minimum atomic E-state index is -0.388. The molecule has 2 aromatic rings. The highest BCUT2D eigenvalue weighted by Gasteiger charge is 2.24. The van der Waals surface area contributed by atoms with Gasteiger partial charge in [0.05, 0.1) is 5.02 Å². The zero-order valence-corrected chi connectivity index (χ0v) is 12.3. The lowest BCUT2D eigenvalue weighted by Crippen LogP contribution is -2.34. The summed E-state index contributed by atoms with van der Waals surface area (Å²) in [4.78, 5) is 4.36. The molecule has 2 unspecified atom stereocenters. The average molecular weight is 310 g/mol. The van der Waals surface area contributed by atoms with E-state index in [0.717, 1.165) is 12.8 Å². The van der Waals surface area contributed by atoms with E-state index in [4.69, 9.17) is 21.9 Å². The Morgan fingerprint density at radius 3 is 2.90 bits per heavy atom. The largest absolute Gasteiger partial charge is 0.339 e. The van der Waals surface area contributed by atoms with Crippen molar-refractivity contribution < 1.29 is 8.91 Å². The summed E-state index contributed by atoms with van der Waals surface area (Å²) >= 11 is 6.01. The van der Waals surface area contributed by atoms with E-state index in [1.54, 1.807) is 6.07 Å². The van der Waals surface area contributed by atoms with Gasteiger partial charge in [0.2, 0.25) is 11.7 Å². The molecule has 2 atom stereocenters. The van der Waals surface area contributed by atoms with Crippen LogP contribution in [0.5, 0.6) is 0 Å². The molecule has 1 aliphatic rings. The zero-order valence-electron chi connectivity index (χ0n) is 11.6. The zero-order chi connectivity index (χ0) is 14.8. The standard InChI is InChI=1S/C15H17ClFN3O/c16-12-8-10(17)5-6-11(12)15-19-14(21-20-15)7-9-3-1-2-4-13(9)18/h5-6,8-9,13H,1-4,7,18H2. The fourth-order valence-corrected chi connectivity index (χ4v) is 3.08. The van der Waals surface area contributed by atoms with Crippen LogP contribution in [-0.4, -0.2) is 16.2 Å². The van der Waals surface area contributed by atoms with Gasteiger partial charge in [-0.25, -0.2) is 4.39 Å². The normalized spacial score (nSPS) is 22.4. The Morgan fingerprint density at radius 1 is 1.33 bits per heavy atom. The second-order valence-corrected chi connectivity index (χ2v) is 5.96. The van der Waals surface area contributed by atoms with Gasteiger partial charge in [-0.05, 0) is 37.0 Å². The molecule has 0 bridgehead atoms. The molecule has 0 spiro atoms. The molecule has 6 heteroatoms. The van der Waals surface area contributed by atoms with E-state index in [-0.39, 0.29) is 16.9 Å². The number of halogens is 2. The summed E-state index contributed by atoms with van der Waals surface area (Å²) in [5, 5.41) is 4.21. The monoisotopic (exact) mass is 309 g/mol. The predicted molar refractivity (Wildman–Crippen MR) is 78.3 cm³/mol. The van der Waals surface area contributed by atoms with Gasteiger partial charge in [-0.2, -0.15) is 4.98 Å². The summed E-state index contributed by atoms with van der Waals surface area (Å²) < 4.78 is 18.3. The summed E-state index contributed by atoms with van der Waals surface area (Å²) in [5.41, 5.74) is 6.70. The minimum absolute atomic E-state index is 0.198. The first kappa shape index (κ1) is 14.5. The van der Waals surface area contributed by atoms with Gasteiger partial charge in [0.25, 0.3) is 0 Å². The number of nitrogens with two attached hydrogens (primary N) is 1. The Bertz CT molecular complexity index is 631. The minimum Gasteiger partial charge on any atom is -0.339 e. The number of rotatable bonds is 3. The fourth-order valence-electron chi connectivity index (χ4n) is 2.83. The molecule has 1 saturated carbocycles. The molecule has 1 aromatic carbocycles. The molecule has 0 radical (unpaired) electrons. The number of nitrogens with zero attached hydrogens (tertiary/aromatic N) is 2. The van der Waals surface area contributed by atoms with Gasteiger partial charge in [0.1, 0.15) is 5.82 Å². The molecular weight excluding hydrogens is 293 g/mol. The molecule has 1 heterocycles. The van der Waals surface area contributed by atoms with E-state index in [1.807, 2.05) is 0 Å². The third-order valence-corrected chi connectivity index (χ3v) is 4.36. The summed E-state index contributed by atoms with van der Waals surface area (Å²) in [6, 6.07) is 4.32. The number of aromatic nitrogens is 2. The van der Waals surface area contributed by atoms with Gasteiger partial charge in [-0.15, -0.1) is 0 Å². The van der Waals surface area contributed by atoms with Crippen molar-refractivity contribution in [1.29, 1.82) is 0 Å². The molecule has 0 amide bonds. The maximum Gasteiger partial charge on any atom is 0.227 e. The second-order valence-electron chi connectivity index (χ2n) is 5.55. The maximum absolute atomic E-state index is 13.1. The van der Waals surface area contributed by atoms with Crippen LogP contribution in [0, 0.1) is 11.7 Å². The first-order valence-electron chi connectivity index (χ1n) is 7.17. The molecule has 112 valence electrons. The van der Waals surface area contributed by atoms with Crippen molar-refractivity contribution in [3.05, 3.63) is 34.9 Å². The van der Waals surface area contributed by atoms with Crippen LogP contribution >= 0.6 is 11.6 Å². The maximum atomic E-state index is 13.1. The Morgan fingerprint density at radius 2 is 2.14 bits per heavy atom. The third kappa shape index (κ3) is 3.24. The SMILES string of the molecule is NC1CCCCC1Cc1nc(-c2ccc(F)cc2Cl)no1. The van der Waals surface area contributed by atoms with Crippen LogP contribution in [0.25, 0.3) is 11.4 Å². The first-order valence-corrected chi connectivity index (χ1v) is 7.55. The molecule has 2 N–H and O–H groups in total. The molecule has 1 fully saturated rings. The van der Waals surface area contributed by atoms with E-state index in [0.29, 0.717) is 29.6 Å². The first-order chi connectivity index (χ1) is 10.1. The van der Waals surface area contributed by atoms with Crippen LogP contribution in [0.2, 0.25) is 5.02 Å². The lowest BCUT2D eigenvalue weighted by atomic mass is 9.83. The topological polar surface area (TPSA) is 64.9 Å². The number of benzene rings is 1. The Hall–Kier alpha value is -1.46. The highest BCUT2D eigenvalue weighted by molar-refractivity contribution is 6.33. The Kier molecular flexibility index (Phi) is 4.22. The third-order valence-electron chi connectivity index (χ3n) is 4.04. The van der Waals surface area contributed by atoms with Crippen molar-refractivity contribution in [3.63, 3.8) is 0 Å². The summed E-state index contributed by atoms with van der Waals surface area (Å²) in [6.07, 6.45) is 5.22. The summed E-state index contributed by atoms with van der Waals surface area (Å²) in [7, 11) is 0. The molecule has 0 aliphatic heterocycles. The smallest absolute Gasteiger partial charge is 0.227 e. The van der Waals surface area contributed by atoms with Crippen LogP contribution < -0.4 is 5.73 Å². The van der Waals surface area contributed by atoms with E-state index >= 15 is 0 Å². The van der Waals surface area contributed by atoms with Crippen molar-refractivity contribution in [2.45, 2.75) is 38.1 Å². The van der Waals surface area contributed by atoms with Crippen molar-refractivity contribution in [3.8, 4) is 11.4 Å². The average Bonchev–Trinajstić information content (AvgIpc) is 2.90. The van der Waals surface area contributed by atoms with Crippen LogP contribution in [0.3, 0.4) is 0 Å². The van der Waals surface area contributed by atoms with Crippen LogP contribution in [0.1, 0.15) is 31.6 Å². The predicted octanol–water partition coefficient (Wildman–Crippen LogP) is 3.59. The summed E-state index contributed by atoms with van der Waals surface area (Å²) in [6.45, 7) is 0. The Labute approximate surface area is 127 Å². The Balaban J connectivity index is 1.76. The molecule has 3 rings (SSSR count). The number of hydrogen-bond acceptors (Lipinski definition) is 4. The highest BCUT2D eigenvalue weighted by atomic mass is 35.5. The van der Waals surface area contributed by atoms with Gasteiger partial charge in [-0.1, -0.05) is 29.6 Å². The molecule has 1 aliphatic carbocycles. The number of hydrogen-bond donors (Lipinski definition) is 1. The van der Waals surface area contributed by atoms with Gasteiger partial charge >= 0.3 is 0 Å². The van der Waals surface area contributed by atoms with Crippen molar-refractivity contribution >= 4 is 11.6 Å². The van der Waals surface area contributed by atoms with Gasteiger partial charge < -0.3 is 10.3 Å². The lowest BCUT2D eigenvalue weighted by molar-refractivity contribution is 0.273. The van der Waals surface area contributed by atoms with E-state index < -0.39 is 0 Å². The molecule has 1 aromatic heterocycles. The van der Waals surface area contributed by atoms with E-state index in [9.17, 15) is 4.39 Å². The van der Waals surface area contributed by atoms with Crippen molar-refractivity contribution in [2.75, 3.05) is 0 Å². The van der Waals surface area contributed by atoms with Crippen LogP contribution in [0.15, 0.2) is 22.7 Å². The van der Waals surface area contributed by atoms with Crippen LogP contribution in [0.4, 0.5) is 4.39 Å². The van der Waals surface area contributed by atoms with Gasteiger partial charge in [0, 0.05) is 18.0 Å². The lowest BCUT2D eigenvalue weighted by Gasteiger charge is -2.27. The van der Waals surface area contributed by atoms with Crippen molar-refractivity contribution in [1.82, 2.24) is 10.1 Å². The highest BCUT2D eigenvalue weighted by Crippen LogP contribution is 2.29.